The van der Waals surface area contributed by atoms with Gasteiger partial charge in [-0.05, 0) is 34.6 Å². The van der Waals surface area contributed by atoms with Crippen molar-refractivity contribution in [3.05, 3.63) is 0 Å². The fraction of sp³-hybridized carbons (Fsp3) is 0.923. The lowest BCUT2D eigenvalue weighted by Crippen LogP contribution is -2.38. The van der Waals surface area contributed by atoms with Gasteiger partial charge in [-0.3, -0.25) is 9.69 Å². The van der Waals surface area contributed by atoms with E-state index in [1.54, 1.807) is 11.8 Å². The van der Waals surface area contributed by atoms with E-state index in [4.69, 9.17) is 4.74 Å². The van der Waals surface area contributed by atoms with Crippen LogP contribution in [0.5, 0.6) is 0 Å². The van der Waals surface area contributed by atoms with Crippen molar-refractivity contribution in [3.8, 4) is 0 Å². The molecule has 0 amide bonds. The van der Waals surface area contributed by atoms with E-state index in [0.29, 0.717) is 12.1 Å². The van der Waals surface area contributed by atoms with E-state index in [-0.39, 0.29) is 17.3 Å². The molecule has 1 fully saturated rings. The number of carbonyl (C=O) groups excluding carboxylic acids is 1. The highest BCUT2D eigenvalue weighted by atomic mass is 32.2. The van der Waals surface area contributed by atoms with E-state index in [0.717, 1.165) is 18.7 Å². The molecule has 0 aromatic carbocycles. The van der Waals surface area contributed by atoms with E-state index >= 15 is 0 Å². The Morgan fingerprint density at radius 1 is 1.35 bits per heavy atom. The third-order valence-electron chi connectivity index (χ3n) is 3.12. The van der Waals surface area contributed by atoms with Crippen molar-refractivity contribution < 1.29 is 9.53 Å². The molecule has 0 saturated carbocycles. The molecule has 0 aromatic heterocycles. The highest BCUT2D eigenvalue weighted by molar-refractivity contribution is 8.00. The van der Waals surface area contributed by atoms with Crippen molar-refractivity contribution in [2.45, 2.75) is 64.5 Å². The molecule has 1 heterocycles. The normalized spacial score (nSPS) is 25.1. The molecule has 2 unspecified atom stereocenters. The largest absolute Gasteiger partial charge is 0.462 e. The summed E-state index contributed by atoms with van der Waals surface area (Å²) >= 11 is 1.74. The van der Waals surface area contributed by atoms with Gasteiger partial charge in [0.25, 0.3) is 0 Å². The van der Waals surface area contributed by atoms with Crippen molar-refractivity contribution in [2.75, 3.05) is 12.3 Å². The highest BCUT2D eigenvalue weighted by Gasteiger charge is 2.32. The number of ether oxygens (including phenoxy) is 1. The van der Waals surface area contributed by atoms with Crippen LogP contribution in [0.3, 0.4) is 0 Å². The summed E-state index contributed by atoms with van der Waals surface area (Å²) in [6.07, 6.45) is 0.971. The number of nitrogens with zero attached hydrogens (tertiary/aromatic N) is 1. The Labute approximate surface area is 109 Å². The molecular weight excluding hydrogens is 234 g/mol. The van der Waals surface area contributed by atoms with E-state index in [1.807, 2.05) is 6.92 Å². The molecular formula is C13H25NO2S. The summed E-state index contributed by atoms with van der Waals surface area (Å²) in [7, 11) is 0. The van der Waals surface area contributed by atoms with Crippen LogP contribution >= 0.6 is 11.8 Å². The van der Waals surface area contributed by atoms with E-state index < -0.39 is 0 Å². The number of carbonyl (C=O) groups is 1. The summed E-state index contributed by atoms with van der Waals surface area (Å²) in [5.74, 6) is 0.978. The number of rotatable bonds is 6. The lowest BCUT2D eigenvalue weighted by Gasteiger charge is -2.30. The number of thioether (sulfide) groups is 1. The van der Waals surface area contributed by atoms with Gasteiger partial charge in [0.15, 0.2) is 0 Å². The monoisotopic (exact) mass is 259 g/mol. The molecule has 0 spiro atoms. The maximum absolute atomic E-state index is 11.5. The van der Waals surface area contributed by atoms with Crippen LogP contribution in [0.1, 0.15) is 41.0 Å². The minimum Gasteiger partial charge on any atom is -0.462 e. The van der Waals surface area contributed by atoms with E-state index in [9.17, 15) is 4.79 Å². The SMILES string of the molecule is CC1CC(SCCN(C(C)C)C(C)C)C(=O)O1. The topological polar surface area (TPSA) is 29.5 Å². The lowest BCUT2D eigenvalue weighted by atomic mass is 10.2. The van der Waals surface area contributed by atoms with Gasteiger partial charge in [0, 0.05) is 30.8 Å². The quantitative estimate of drug-likeness (QED) is 0.686. The van der Waals surface area contributed by atoms with Crippen LogP contribution in [-0.4, -0.2) is 46.6 Å². The highest BCUT2D eigenvalue weighted by Crippen LogP contribution is 2.26. The number of esters is 1. The predicted molar refractivity (Wildman–Crippen MR) is 73.4 cm³/mol. The second-order valence-electron chi connectivity index (χ2n) is 5.27. The summed E-state index contributed by atoms with van der Waals surface area (Å²) in [5, 5.41) is 0.0613. The molecule has 100 valence electrons. The first kappa shape index (κ1) is 14.8. The van der Waals surface area contributed by atoms with Crippen LogP contribution in [0.25, 0.3) is 0 Å². The molecule has 0 aliphatic carbocycles. The van der Waals surface area contributed by atoms with Crippen molar-refractivity contribution in [1.29, 1.82) is 0 Å². The van der Waals surface area contributed by atoms with Crippen LogP contribution in [0, 0.1) is 0 Å². The second kappa shape index (κ2) is 6.64. The van der Waals surface area contributed by atoms with E-state index in [2.05, 4.69) is 32.6 Å². The summed E-state index contributed by atoms with van der Waals surface area (Å²) in [6.45, 7) is 11.9. The van der Waals surface area contributed by atoms with Gasteiger partial charge in [-0.1, -0.05) is 0 Å². The standard InChI is InChI=1S/C13H25NO2S/c1-9(2)14(10(3)4)6-7-17-12-8-11(5)16-13(12)15/h9-12H,6-8H2,1-5H3. The number of hydrogen-bond acceptors (Lipinski definition) is 4. The maximum Gasteiger partial charge on any atom is 0.319 e. The predicted octanol–water partition coefficient (Wildman–Crippen LogP) is 2.54. The Kier molecular flexibility index (Phi) is 5.80. The molecule has 0 aromatic rings. The second-order valence-corrected chi connectivity index (χ2v) is 6.58. The lowest BCUT2D eigenvalue weighted by molar-refractivity contribution is -0.140. The zero-order valence-electron chi connectivity index (χ0n) is 11.6. The maximum atomic E-state index is 11.5. The summed E-state index contributed by atoms with van der Waals surface area (Å²) < 4.78 is 5.15. The molecule has 3 nitrogen and oxygen atoms in total. The zero-order valence-corrected chi connectivity index (χ0v) is 12.4. The van der Waals surface area contributed by atoms with Crippen molar-refractivity contribution >= 4 is 17.7 Å². The Morgan fingerprint density at radius 3 is 2.35 bits per heavy atom. The van der Waals surface area contributed by atoms with Gasteiger partial charge < -0.3 is 4.74 Å². The van der Waals surface area contributed by atoms with Gasteiger partial charge in [0.2, 0.25) is 0 Å². The van der Waals surface area contributed by atoms with Gasteiger partial charge in [-0.25, -0.2) is 0 Å². The average Bonchev–Trinajstić information content (AvgIpc) is 2.51. The third-order valence-corrected chi connectivity index (χ3v) is 4.33. The summed E-state index contributed by atoms with van der Waals surface area (Å²) in [4.78, 5) is 13.9. The first-order valence-electron chi connectivity index (χ1n) is 6.49. The molecule has 1 aliphatic rings. The van der Waals surface area contributed by atoms with Crippen molar-refractivity contribution in [2.24, 2.45) is 0 Å². The fourth-order valence-corrected chi connectivity index (χ4v) is 3.47. The fourth-order valence-electron chi connectivity index (χ4n) is 2.27. The number of cyclic esters (lactones) is 1. The first-order chi connectivity index (χ1) is 7.91. The zero-order chi connectivity index (χ0) is 13.0. The Balaban J connectivity index is 2.29. The molecule has 0 N–H and O–H groups in total. The van der Waals surface area contributed by atoms with E-state index in [1.165, 1.54) is 0 Å². The van der Waals surface area contributed by atoms with Crippen LogP contribution in [0.15, 0.2) is 0 Å². The van der Waals surface area contributed by atoms with Gasteiger partial charge in [-0.2, -0.15) is 0 Å². The van der Waals surface area contributed by atoms with Gasteiger partial charge >= 0.3 is 5.97 Å². The van der Waals surface area contributed by atoms with Crippen LogP contribution < -0.4 is 0 Å². The molecule has 17 heavy (non-hydrogen) atoms. The molecule has 1 aliphatic heterocycles. The van der Waals surface area contributed by atoms with Gasteiger partial charge in [0.05, 0.1) is 0 Å². The Hall–Kier alpha value is -0.220. The molecule has 1 rings (SSSR count). The molecule has 1 saturated heterocycles. The average molecular weight is 259 g/mol. The van der Waals surface area contributed by atoms with Crippen LogP contribution in [-0.2, 0) is 9.53 Å². The molecule has 0 radical (unpaired) electrons. The smallest absolute Gasteiger partial charge is 0.319 e. The van der Waals surface area contributed by atoms with Crippen LogP contribution in [0.2, 0.25) is 0 Å². The first-order valence-corrected chi connectivity index (χ1v) is 7.54. The van der Waals surface area contributed by atoms with Gasteiger partial charge in [-0.15, -0.1) is 11.8 Å². The minimum absolute atomic E-state index is 0.0249. The number of hydrogen-bond donors (Lipinski definition) is 0. The Morgan fingerprint density at radius 2 is 1.94 bits per heavy atom. The van der Waals surface area contributed by atoms with Gasteiger partial charge in [0.1, 0.15) is 11.4 Å². The molecule has 4 heteroatoms. The van der Waals surface area contributed by atoms with Crippen LogP contribution in [0.4, 0.5) is 0 Å². The summed E-state index contributed by atoms with van der Waals surface area (Å²) in [5.41, 5.74) is 0. The molecule has 0 bridgehead atoms. The third kappa shape index (κ3) is 4.51. The molecule has 2 atom stereocenters. The Bertz CT molecular complexity index is 248. The van der Waals surface area contributed by atoms with Crippen molar-refractivity contribution in [3.63, 3.8) is 0 Å². The minimum atomic E-state index is -0.0249. The van der Waals surface area contributed by atoms with Crippen molar-refractivity contribution in [1.82, 2.24) is 4.90 Å². The summed E-state index contributed by atoms with van der Waals surface area (Å²) in [6, 6.07) is 1.12.